The van der Waals surface area contributed by atoms with E-state index >= 15 is 0 Å². The molecule has 3 saturated carbocycles. The van der Waals surface area contributed by atoms with Crippen LogP contribution in [0, 0.1) is 44.3 Å². The van der Waals surface area contributed by atoms with Gasteiger partial charge in [-0.1, -0.05) is 27.7 Å². The molecule has 3 fully saturated rings. The fourth-order valence-electron chi connectivity index (χ4n) is 9.30. The lowest BCUT2D eigenvalue weighted by Crippen LogP contribution is -2.68. The fourth-order valence-corrected chi connectivity index (χ4v) is 9.30. The molecule has 0 spiro atoms. The predicted octanol–water partition coefficient (Wildman–Crippen LogP) is 4.98. The Bertz CT molecular complexity index is 1780. The summed E-state index contributed by atoms with van der Waals surface area (Å²) in [6, 6.07) is -4.05. The standard InChI is InChI=1S/C44H66N2O11/c1-16-24(5)45(15)28-32(50)40(9,10)37(55)42(12,33(28)51)19-21-44(14)35(53)29(46(57)25(6)17-2)34(52)43(13,38(44)56)20-18-41(11)31(49)27(26(47)22-23(3)4)30(48)39(7,8)36(41)54/h23-25,27-29,57H,16-22H2,1-15H3. The molecule has 9 atom stereocenters. The van der Waals surface area contributed by atoms with E-state index in [1.807, 2.05) is 13.8 Å². The zero-order chi connectivity index (χ0) is 44.3. The fraction of sp³-hybridized carbons (Fsp3) is 0.773. The zero-order valence-corrected chi connectivity index (χ0v) is 36.8. The number of hydrogen-bond donors (Lipinski definition) is 1. The summed E-state index contributed by atoms with van der Waals surface area (Å²) in [5, 5.41) is 12.0. The number of rotatable bonds is 15. The van der Waals surface area contributed by atoms with Crippen molar-refractivity contribution in [2.45, 2.75) is 166 Å². The summed E-state index contributed by atoms with van der Waals surface area (Å²) in [6.45, 7) is 21.6. The second-order valence-electron chi connectivity index (χ2n) is 19.6. The Balaban J connectivity index is 2.17. The van der Waals surface area contributed by atoms with E-state index in [2.05, 4.69) is 0 Å². The van der Waals surface area contributed by atoms with Crippen LogP contribution < -0.4 is 0 Å². The third kappa shape index (κ3) is 7.43. The molecule has 0 aliphatic heterocycles. The molecule has 13 nitrogen and oxygen atoms in total. The molecular formula is C44H66N2O11. The van der Waals surface area contributed by atoms with Crippen LogP contribution in [-0.2, 0) is 47.9 Å². The van der Waals surface area contributed by atoms with Gasteiger partial charge in [0.05, 0.1) is 32.5 Å². The zero-order valence-electron chi connectivity index (χ0n) is 36.8. The van der Waals surface area contributed by atoms with Gasteiger partial charge in [-0.15, -0.1) is 0 Å². The van der Waals surface area contributed by atoms with Gasteiger partial charge in [0.1, 0.15) is 12.0 Å². The smallest absolute Gasteiger partial charge is 0.173 e. The lowest BCUT2D eigenvalue weighted by atomic mass is 9.51. The highest BCUT2D eigenvalue weighted by Gasteiger charge is 2.67. The number of Topliss-reactive ketones (excluding diaryl/α,β-unsaturated/α-hetero) is 10. The average molecular weight is 799 g/mol. The Morgan fingerprint density at radius 1 is 0.544 bits per heavy atom. The first-order chi connectivity index (χ1) is 25.8. The molecule has 0 aromatic heterocycles. The summed E-state index contributed by atoms with van der Waals surface area (Å²) in [5.74, 6) is -9.57. The summed E-state index contributed by atoms with van der Waals surface area (Å²) >= 11 is 0. The third-order valence-corrected chi connectivity index (χ3v) is 14.2. The molecule has 0 amide bonds. The SMILES string of the molecule is CCC(C)N(C)C1C(=O)C(C)(C)C(=O)C(C)(CCC2(C)C(=O)C(N(O)C(C)CC)C(=O)C(C)(CCC3(C)C(=O)C(C(=O)CC(C)C)C(=O)C(C)(C)C3=O)C2=O)C1=O. The highest BCUT2D eigenvalue weighted by molar-refractivity contribution is 6.36. The topological polar surface area (TPSA) is 197 Å². The second kappa shape index (κ2) is 16.0. The largest absolute Gasteiger partial charge is 0.313 e. The van der Waals surface area contributed by atoms with Crippen LogP contribution in [0.2, 0.25) is 0 Å². The molecule has 0 saturated heterocycles. The van der Waals surface area contributed by atoms with Crippen LogP contribution in [0.3, 0.4) is 0 Å². The van der Waals surface area contributed by atoms with Crippen molar-refractivity contribution >= 4 is 57.8 Å². The van der Waals surface area contributed by atoms with Gasteiger partial charge in [-0.05, 0) is 121 Å². The maximum atomic E-state index is 15.0. The normalized spacial score (nSPS) is 34.5. The van der Waals surface area contributed by atoms with Gasteiger partial charge in [-0.25, -0.2) is 0 Å². The molecule has 57 heavy (non-hydrogen) atoms. The van der Waals surface area contributed by atoms with Gasteiger partial charge in [0.2, 0.25) is 0 Å². The number of nitrogens with zero attached hydrogens (tertiary/aromatic N) is 2. The van der Waals surface area contributed by atoms with E-state index in [0.29, 0.717) is 17.9 Å². The van der Waals surface area contributed by atoms with Crippen LogP contribution in [0.1, 0.15) is 142 Å². The Kier molecular flexibility index (Phi) is 13.4. The molecule has 0 aromatic rings. The molecule has 0 aromatic carbocycles. The van der Waals surface area contributed by atoms with Crippen LogP contribution in [-0.4, -0.2) is 104 Å². The molecule has 318 valence electrons. The van der Waals surface area contributed by atoms with E-state index in [0.717, 1.165) is 0 Å². The van der Waals surface area contributed by atoms with Crippen LogP contribution in [0.4, 0.5) is 0 Å². The lowest BCUT2D eigenvalue weighted by Gasteiger charge is -2.49. The van der Waals surface area contributed by atoms with E-state index in [1.165, 1.54) is 55.4 Å². The summed E-state index contributed by atoms with van der Waals surface area (Å²) < 4.78 is 0. The number of likely N-dealkylation sites (N-methyl/N-ethyl adjacent to an activating group) is 1. The molecule has 0 heterocycles. The van der Waals surface area contributed by atoms with Gasteiger partial charge in [0.15, 0.2) is 63.9 Å². The number of hydroxylamine groups is 2. The van der Waals surface area contributed by atoms with Crippen molar-refractivity contribution in [1.82, 2.24) is 9.96 Å². The summed E-state index contributed by atoms with van der Waals surface area (Å²) in [6.07, 6.45) is -0.789. The van der Waals surface area contributed by atoms with Gasteiger partial charge in [-0.3, -0.25) is 52.8 Å². The van der Waals surface area contributed by atoms with Crippen molar-refractivity contribution in [1.29, 1.82) is 0 Å². The molecule has 0 radical (unpaired) electrons. The monoisotopic (exact) mass is 798 g/mol. The second-order valence-corrected chi connectivity index (χ2v) is 19.6. The molecule has 3 aliphatic carbocycles. The molecule has 13 heteroatoms. The summed E-state index contributed by atoms with van der Waals surface area (Å²) in [4.78, 5) is 143. The van der Waals surface area contributed by atoms with Gasteiger partial charge in [0, 0.05) is 18.5 Å². The molecule has 0 bridgehead atoms. The van der Waals surface area contributed by atoms with E-state index in [-0.39, 0.29) is 24.8 Å². The van der Waals surface area contributed by atoms with Gasteiger partial charge >= 0.3 is 0 Å². The summed E-state index contributed by atoms with van der Waals surface area (Å²) in [7, 11) is 1.64. The van der Waals surface area contributed by atoms with E-state index < -0.39 is 134 Å². The Labute approximate surface area is 337 Å². The van der Waals surface area contributed by atoms with Crippen molar-refractivity contribution in [3.05, 3.63) is 0 Å². The first kappa shape index (κ1) is 48.0. The maximum absolute atomic E-state index is 15.0. The van der Waals surface area contributed by atoms with Crippen LogP contribution in [0.25, 0.3) is 0 Å². The molecule has 3 rings (SSSR count). The van der Waals surface area contributed by atoms with Crippen molar-refractivity contribution in [2.24, 2.45) is 44.3 Å². The summed E-state index contributed by atoms with van der Waals surface area (Å²) in [5.41, 5.74) is -11.3. The number of hydrogen-bond acceptors (Lipinski definition) is 13. The van der Waals surface area contributed by atoms with E-state index in [1.54, 1.807) is 39.6 Å². The highest BCUT2D eigenvalue weighted by Crippen LogP contribution is 2.52. The van der Waals surface area contributed by atoms with Gasteiger partial charge in [0.25, 0.3) is 0 Å². The van der Waals surface area contributed by atoms with Crippen molar-refractivity contribution in [3.63, 3.8) is 0 Å². The minimum Gasteiger partial charge on any atom is -0.313 e. The maximum Gasteiger partial charge on any atom is 0.173 e. The Morgan fingerprint density at radius 2 is 0.895 bits per heavy atom. The molecule has 3 aliphatic rings. The predicted molar refractivity (Wildman–Crippen MR) is 210 cm³/mol. The lowest BCUT2D eigenvalue weighted by molar-refractivity contribution is -0.193. The Morgan fingerprint density at radius 3 is 1.28 bits per heavy atom. The molecular weight excluding hydrogens is 732 g/mol. The van der Waals surface area contributed by atoms with E-state index in [9.17, 15) is 53.2 Å². The first-order valence-electron chi connectivity index (χ1n) is 20.5. The quantitative estimate of drug-likeness (QED) is 0.172. The first-order valence-corrected chi connectivity index (χ1v) is 20.5. The highest BCUT2D eigenvalue weighted by atomic mass is 16.5. The minimum atomic E-state index is -2.09. The van der Waals surface area contributed by atoms with Crippen molar-refractivity contribution in [3.8, 4) is 0 Å². The van der Waals surface area contributed by atoms with Crippen LogP contribution in [0.5, 0.6) is 0 Å². The third-order valence-electron chi connectivity index (χ3n) is 14.2. The van der Waals surface area contributed by atoms with Gasteiger partial charge < -0.3 is 5.21 Å². The van der Waals surface area contributed by atoms with Crippen LogP contribution in [0.15, 0.2) is 0 Å². The molecule has 1 N–H and O–H groups in total. The Hall–Kier alpha value is -3.42. The van der Waals surface area contributed by atoms with Crippen molar-refractivity contribution < 1.29 is 53.2 Å². The minimum absolute atomic E-state index is 0.0782. The molecule has 9 unspecified atom stereocenters. The van der Waals surface area contributed by atoms with Crippen molar-refractivity contribution in [2.75, 3.05) is 7.05 Å². The number of carbonyl (C=O) groups excluding carboxylic acids is 10. The number of ketones is 10. The number of carbonyl (C=O) groups is 10. The average Bonchev–Trinajstić information content (AvgIpc) is 3.14. The van der Waals surface area contributed by atoms with Gasteiger partial charge in [-0.2, -0.15) is 5.06 Å². The van der Waals surface area contributed by atoms with Crippen LogP contribution >= 0.6 is 0 Å². The van der Waals surface area contributed by atoms with E-state index in [4.69, 9.17) is 0 Å².